The molecule has 0 heterocycles. The van der Waals surface area contributed by atoms with E-state index in [2.05, 4.69) is 6.58 Å². The van der Waals surface area contributed by atoms with Crippen molar-refractivity contribution in [1.82, 2.24) is 0 Å². The van der Waals surface area contributed by atoms with Gasteiger partial charge in [0.15, 0.2) is 11.5 Å². The Morgan fingerprint density at radius 2 is 2.20 bits per heavy atom. The molecule has 0 bridgehead atoms. The van der Waals surface area contributed by atoms with Gasteiger partial charge >= 0.3 is 0 Å². The fourth-order valence-corrected chi connectivity index (χ4v) is 1.21. The van der Waals surface area contributed by atoms with Crippen LogP contribution in [0.25, 0.3) is 0 Å². The number of nitrogens with two attached hydrogens (primary N) is 1. The first kappa shape index (κ1) is 11.4. The Labute approximate surface area is 90.5 Å². The summed E-state index contributed by atoms with van der Waals surface area (Å²) in [4.78, 5) is 0. The average molecular weight is 207 g/mol. The lowest BCUT2D eigenvalue weighted by molar-refractivity contribution is 0.290. The van der Waals surface area contributed by atoms with Gasteiger partial charge in [-0.05, 0) is 25.0 Å². The number of allylic oxidation sites excluding steroid dienone is 1. The molecule has 3 nitrogen and oxygen atoms in total. The largest absolute Gasteiger partial charge is 0.493 e. The van der Waals surface area contributed by atoms with E-state index in [9.17, 15) is 0 Å². The summed E-state index contributed by atoms with van der Waals surface area (Å²) >= 11 is 0. The van der Waals surface area contributed by atoms with Gasteiger partial charge in [0.2, 0.25) is 0 Å². The van der Waals surface area contributed by atoms with Crippen LogP contribution < -0.4 is 15.2 Å². The van der Waals surface area contributed by atoms with Crippen molar-refractivity contribution in [2.75, 3.05) is 19.5 Å². The molecule has 0 fully saturated rings. The lowest BCUT2D eigenvalue weighted by Gasteiger charge is -2.10. The van der Waals surface area contributed by atoms with Crippen LogP contribution in [0.2, 0.25) is 0 Å². The first-order valence-corrected chi connectivity index (χ1v) is 4.95. The second-order valence-electron chi connectivity index (χ2n) is 3.19. The SMILES string of the molecule is C=CCCCOc1ccc(N)cc1OC. The summed E-state index contributed by atoms with van der Waals surface area (Å²) in [6.07, 6.45) is 3.79. The summed E-state index contributed by atoms with van der Waals surface area (Å²) in [5, 5.41) is 0. The molecule has 15 heavy (non-hydrogen) atoms. The van der Waals surface area contributed by atoms with Crippen LogP contribution in [0.5, 0.6) is 11.5 Å². The number of anilines is 1. The van der Waals surface area contributed by atoms with E-state index in [1.54, 1.807) is 19.2 Å². The first-order chi connectivity index (χ1) is 7.27. The highest BCUT2D eigenvalue weighted by atomic mass is 16.5. The fourth-order valence-electron chi connectivity index (χ4n) is 1.21. The highest BCUT2D eigenvalue weighted by Crippen LogP contribution is 2.28. The third-order valence-corrected chi connectivity index (χ3v) is 2.00. The van der Waals surface area contributed by atoms with E-state index in [0.717, 1.165) is 18.6 Å². The first-order valence-electron chi connectivity index (χ1n) is 4.95. The van der Waals surface area contributed by atoms with Crippen molar-refractivity contribution < 1.29 is 9.47 Å². The summed E-state index contributed by atoms with van der Waals surface area (Å²) in [5.41, 5.74) is 6.30. The standard InChI is InChI=1S/C12H17NO2/c1-3-4-5-8-15-11-7-6-10(13)9-12(11)14-2/h3,6-7,9H,1,4-5,8,13H2,2H3. The molecule has 0 aliphatic carbocycles. The van der Waals surface area contributed by atoms with Gasteiger partial charge in [0, 0.05) is 11.8 Å². The molecule has 0 aliphatic heterocycles. The molecule has 0 saturated carbocycles. The molecule has 1 aromatic carbocycles. The molecule has 0 amide bonds. The molecule has 3 heteroatoms. The van der Waals surface area contributed by atoms with Crippen LogP contribution in [0.1, 0.15) is 12.8 Å². The normalized spacial score (nSPS) is 9.67. The van der Waals surface area contributed by atoms with E-state index in [-0.39, 0.29) is 0 Å². The second kappa shape index (κ2) is 5.96. The number of unbranched alkanes of at least 4 members (excludes halogenated alkanes) is 1. The quantitative estimate of drug-likeness (QED) is 0.443. The number of hydrogen-bond acceptors (Lipinski definition) is 3. The van der Waals surface area contributed by atoms with Gasteiger partial charge in [-0.2, -0.15) is 0 Å². The molecule has 0 aliphatic rings. The minimum absolute atomic E-state index is 0.659. The van der Waals surface area contributed by atoms with Crippen LogP contribution in [0.15, 0.2) is 30.9 Å². The van der Waals surface area contributed by atoms with E-state index in [4.69, 9.17) is 15.2 Å². The van der Waals surface area contributed by atoms with Gasteiger partial charge in [-0.1, -0.05) is 6.08 Å². The third-order valence-electron chi connectivity index (χ3n) is 2.00. The number of methoxy groups -OCH3 is 1. The van der Waals surface area contributed by atoms with Crippen molar-refractivity contribution >= 4 is 5.69 Å². The molecule has 0 aromatic heterocycles. The molecule has 2 N–H and O–H groups in total. The second-order valence-corrected chi connectivity index (χ2v) is 3.19. The molecule has 0 radical (unpaired) electrons. The minimum Gasteiger partial charge on any atom is -0.493 e. The van der Waals surface area contributed by atoms with Crippen molar-refractivity contribution in [2.24, 2.45) is 0 Å². The summed E-state index contributed by atoms with van der Waals surface area (Å²) < 4.78 is 10.7. The van der Waals surface area contributed by atoms with Crippen molar-refractivity contribution in [2.45, 2.75) is 12.8 Å². The van der Waals surface area contributed by atoms with Crippen molar-refractivity contribution in [3.05, 3.63) is 30.9 Å². The van der Waals surface area contributed by atoms with Crippen LogP contribution in [0.3, 0.4) is 0 Å². The number of hydrogen-bond donors (Lipinski definition) is 1. The lowest BCUT2D eigenvalue weighted by Crippen LogP contribution is -1.99. The Kier molecular flexibility index (Phi) is 4.54. The van der Waals surface area contributed by atoms with Crippen molar-refractivity contribution in [3.8, 4) is 11.5 Å². The van der Waals surface area contributed by atoms with Crippen LogP contribution >= 0.6 is 0 Å². The predicted molar refractivity (Wildman–Crippen MR) is 62.3 cm³/mol. The Morgan fingerprint density at radius 3 is 2.87 bits per heavy atom. The molecule has 0 spiro atoms. The molecule has 0 unspecified atom stereocenters. The van der Waals surface area contributed by atoms with Crippen molar-refractivity contribution in [3.63, 3.8) is 0 Å². The van der Waals surface area contributed by atoms with E-state index in [1.165, 1.54) is 0 Å². The average Bonchev–Trinajstić information content (AvgIpc) is 2.26. The van der Waals surface area contributed by atoms with E-state index >= 15 is 0 Å². The maximum Gasteiger partial charge on any atom is 0.162 e. The Hall–Kier alpha value is -1.64. The maximum absolute atomic E-state index is 5.63. The summed E-state index contributed by atoms with van der Waals surface area (Å²) in [5.74, 6) is 1.41. The van der Waals surface area contributed by atoms with Gasteiger partial charge in [-0.3, -0.25) is 0 Å². The summed E-state index contributed by atoms with van der Waals surface area (Å²) in [7, 11) is 1.60. The third kappa shape index (κ3) is 3.54. The van der Waals surface area contributed by atoms with Gasteiger partial charge in [0.05, 0.1) is 13.7 Å². The molecular formula is C12H17NO2. The predicted octanol–water partition coefficient (Wildman–Crippen LogP) is 2.62. The zero-order chi connectivity index (χ0) is 11.1. The molecule has 0 saturated heterocycles. The molecule has 1 aromatic rings. The van der Waals surface area contributed by atoms with E-state index < -0.39 is 0 Å². The summed E-state index contributed by atoms with van der Waals surface area (Å²) in [6.45, 7) is 4.31. The van der Waals surface area contributed by atoms with E-state index in [1.807, 2.05) is 12.1 Å². The molecule has 82 valence electrons. The van der Waals surface area contributed by atoms with Crippen LogP contribution in [0.4, 0.5) is 5.69 Å². The Balaban J connectivity index is 2.55. The Bertz CT molecular complexity index is 323. The molecular weight excluding hydrogens is 190 g/mol. The smallest absolute Gasteiger partial charge is 0.162 e. The number of rotatable bonds is 6. The van der Waals surface area contributed by atoms with Gasteiger partial charge in [-0.15, -0.1) is 6.58 Å². The monoisotopic (exact) mass is 207 g/mol. The highest BCUT2D eigenvalue weighted by molar-refractivity contribution is 5.51. The summed E-state index contributed by atoms with van der Waals surface area (Å²) in [6, 6.07) is 5.37. The van der Waals surface area contributed by atoms with Crippen LogP contribution in [-0.4, -0.2) is 13.7 Å². The number of ether oxygens (including phenoxy) is 2. The maximum atomic E-state index is 5.63. The highest BCUT2D eigenvalue weighted by Gasteiger charge is 2.03. The zero-order valence-electron chi connectivity index (χ0n) is 9.03. The van der Waals surface area contributed by atoms with E-state index in [0.29, 0.717) is 18.0 Å². The lowest BCUT2D eigenvalue weighted by atomic mass is 10.3. The number of nitrogen functional groups attached to an aromatic ring is 1. The topological polar surface area (TPSA) is 44.5 Å². The van der Waals surface area contributed by atoms with Gasteiger partial charge in [-0.25, -0.2) is 0 Å². The fraction of sp³-hybridized carbons (Fsp3) is 0.333. The zero-order valence-corrected chi connectivity index (χ0v) is 9.03. The van der Waals surface area contributed by atoms with Gasteiger partial charge < -0.3 is 15.2 Å². The molecule has 1 rings (SSSR count). The van der Waals surface area contributed by atoms with Gasteiger partial charge in [0.25, 0.3) is 0 Å². The molecule has 0 atom stereocenters. The van der Waals surface area contributed by atoms with Crippen LogP contribution in [-0.2, 0) is 0 Å². The Morgan fingerprint density at radius 1 is 1.40 bits per heavy atom. The number of benzene rings is 1. The van der Waals surface area contributed by atoms with Crippen LogP contribution in [0, 0.1) is 0 Å². The van der Waals surface area contributed by atoms with Crippen molar-refractivity contribution in [1.29, 1.82) is 0 Å². The minimum atomic E-state index is 0.659. The van der Waals surface area contributed by atoms with Gasteiger partial charge in [0.1, 0.15) is 0 Å².